The summed E-state index contributed by atoms with van der Waals surface area (Å²) in [5, 5.41) is 8.12. The van der Waals surface area contributed by atoms with Gasteiger partial charge in [0, 0.05) is 18.5 Å². The van der Waals surface area contributed by atoms with Gasteiger partial charge in [-0.05, 0) is 57.3 Å². The number of amides is 2. The lowest BCUT2D eigenvalue weighted by molar-refractivity contribution is -0.139. The van der Waals surface area contributed by atoms with Gasteiger partial charge in [-0.25, -0.2) is 9.59 Å². The molecule has 1 aromatic rings. The van der Waals surface area contributed by atoms with E-state index in [1.54, 1.807) is 30.3 Å². The molecule has 1 saturated heterocycles. The quantitative estimate of drug-likeness (QED) is 0.238. The number of alkyl carbamates (subject to hydrolysis) is 1. The van der Waals surface area contributed by atoms with Crippen molar-refractivity contribution in [2.24, 2.45) is 5.73 Å². The maximum absolute atomic E-state index is 12.6. The number of hydrogen-bond donors (Lipinski definition) is 4. The number of carbonyl (C=O) groups excluding carboxylic acids is 4. The molecule has 5 N–H and O–H groups in total. The van der Waals surface area contributed by atoms with Crippen molar-refractivity contribution in [2.75, 3.05) is 19.6 Å². The van der Waals surface area contributed by atoms with Gasteiger partial charge in [0.05, 0.1) is 6.04 Å². The van der Waals surface area contributed by atoms with Gasteiger partial charge >= 0.3 is 12.1 Å². The lowest BCUT2D eigenvalue weighted by Gasteiger charge is -2.18. The Balaban J connectivity index is 1.80. The minimum atomic E-state index is -0.880. The topological polar surface area (TPSA) is 140 Å². The lowest BCUT2D eigenvalue weighted by Crippen LogP contribution is -2.42. The van der Waals surface area contributed by atoms with Gasteiger partial charge < -0.3 is 26.4 Å². The van der Waals surface area contributed by atoms with E-state index in [-0.39, 0.29) is 24.7 Å². The molecule has 1 aliphatic rings. The third kappa shape index (κ3) is 7.92. The van der Waals surface area contributed by atoms with E-state index < -0.39 is 24.1 Å². The van der Waals surface area contributed by atoms with Crippen molar-refractivity contribution in [1.29, 1.82) is 0 Å². The average Bonchev–Trinajstić information content (AvgIpc) is 3.28. The fraction of sp³-hybridized carbons (Fsp3) is 0.524. The zero-order valence-electron chi connectivity index (χ0n) is 17.0. The van der Waals surface area contributed by atoms with E-state index in [9.17, 15) is 19.2 Å². The number of nitrogens with two attached hydrogens (primary N) is 1. The van der Waals surface area contributed by atoms with Crippen LogP contribution in [0.4, 0.5) is 4.79 Å². The molecule has 9 nitrogen and oxygen atoms in total. The summed E-state index contributed by atoms with van der Waals surface area (Å²) in [6, 6.07) is 7.51. The monoisotopic (exact) mass is 418 g/mol. The summed E-state index contributed by atoms with van der Waals surface area (Å²) in [5.74, 6) is -1.16. The number of carbonyl (C=O) groups is 4. The second kappa shape index (κ2) is 12.7. The third-order valence-corrected chi connectivity index (χ3v) is 4.86. The van der Waals surface area contributed by atoms with E-state index in [1.165, 1.54) is 0 Å². The normalized spacial score (nSPS) is 16.5. The van der Waals surface area contributed by atoms with Gasteiger partial charge in [0.2, 0.25) is 0 Å². The molecule has 0 aromatic heterocycles. The Bertz CT molecular complexity index is 719. The summed E-state index contributed by atoms with van der Waals surface area (Å²) in [5.41, 5.74) is 5.98. The van der Waals surface area contributed by atoms with E-state index in [1.807, 2.05) is 0 Å². The van der Waals surface area contributed by atoms with Gasteiger partial charge in [-0.1, -0.05) is 18.2 Å². The smallest absolute Gasteiger partial charge is 0.375 e. The predicted molar refractivity (Wildman–Crippen MR) is 111 cm³/mol. The molecule has 30 heavy (non-hydrogen) atoms. The number of unbranched alkanes of at least 4 members (excludes halogenated alkanes) is 1. The van der Waals surface area contributed by atoms with Crippen molar-refractivity contribution in [2.45, 2.75) is 50.6 Å². The zero-order valence-corrected chi connectivity index (χ0v) is 17.0. The molecule has 0 radical (unpaired) electrons. The molecule has 2 amide bonds. The molecule has 1 aliphatic heterocycles. The second-order valence-electron chi connectivity index (χ2n) is 7.18. The van der Waals surface area contributed by atoms with Crippen LogP contribution < -0.4 is 21.7 Å². The number of ether oxygens (including phenoxy) is 1. The minimum Gasteiger partial charge on any atom is -0.375 e. The first-order valence-electron chi connectivity index (χ1n) is 10.3. The summed E-state index contributed by atoms with van der Waals surface area (Å²) in [6.07, 6.45) is 2.52. The predicted octanol–water partition coefficient (Wildman–Crippen LogP) is 0.878. The van der Waals surface area contributed by atoms with E-state index in [2.05, 4.69) is 16.0 Å². The van der Waals surface area contributed by atoms with E-state index >= 15 is 0 Å². The highest BCUT2D eigenvalue weighted by Crippen LogP contribution is 2.08. The molecule has 0 aliphatic carbocycles. The highest BCUT2D eigenvalue weighted by atomic mass is 16.6. The molecule has 2 rings (SSSR count). The van der Waals surface area contributed by atoms with E-state index in [0.717, 1.165) is 19.4 Å². The molecule has 1 aromatic carbocycles. The van der Waals surface area contributed by atoms with Gasteiger partial charge in [-0.15, -0.1) is 0 Å². The number of ketones is 1. The Morgan fingerprint density at radius 1 is 1.17 bits per heavy atom. The minimum absolute atomic E-state index is 0.00727. The van der Waals surface area contributed by atoms with Crippen LogP contribution in [0.25, 0.3) is 0 Å². The Morgan fingerprint density at radius 3 is 2.60 bits per heavy atom. The molecule has 0 spiro atoms. The van der Waals surface area contributed by atoms with Crippen molar-refractivity contribution in [3.05, 3.63) is 35.9 Å². The number of rotatable bonds is 11. The largest absolute Gasteiger partial charge is 0.414 e. The van der Waals surface area contributed by atoms with Gasteiger partial charge in [-0.2, -0.15) is 0 Å². The van der Waals surface area contributed by atoms with Crippen molar-refractivity contribution >= 4 is 23.8 Å². The molecule has 1 fully saturated rings. The average molecular weight is 418 g/mol. The van der Waals surface area contributed by atoms with Gasteiger partial charge in [0.1, 0.15) is 6.04 Å². The van der Waals surface area contributed by atoms with Crippen LogP contribution in [0.15, 0.2) is 30.3 Å². The van der Waals surface area contributed by atoms with Crippen molar-refractivity contribution in [1.82, 2.24) is 16.0 Å². The maximum Gasteiger partial charge on any atom is 0.414 e. The number of Topliss-reactive ketones (excluding diaryl/α,β-unsaturated/α-hetero) is 1. The fourth-order valence-corrected chi connectivity index (χ4v) is 3.18. The second-order valence-corrected chi connectivity index (χ2v) is 7.18. The standard InChI is InChI=1S/C21H30N4O5/c22-12-5-4-9-16(25-19(27)15-7-2-1-3-8-15)18(26)11-14-24-21(29)30-20(28)17-10-6-13-23-17/h1-3,7-8,16-17,23H,4-6,9-14,22H2,(H,24,29)(H,25,27)/t16?,17-/m0/s1. The van der Waals surface area contributed by atoms with Crippen molar-refractivity contribution < 1.29 is 23.9 Å². The Kier molecular flexibility index (Phi) is 9.96. The number of nitrogens with one attached hydrogen (secondary N) is 3. The fourth-order valence-electron chi connectivity index (χ4n) is 3.18. The van der Waals surface area contributed by atoms with E-state index in [4.69, 9.17) is 10.5 Å². The summed E-state index contributed by atoms with van der Waals surface area (Å²) >= 11 is 0. The van der Waals surface area contributed by atoms with Gasteiger partial charge in [0.15, 0.2) is 5.78 Å². The summed E-state index contributed by atoms with van der Waals surface area (Å²) < 4.78 is 4.73. The van der Waals surface area contributed by atoms with Crippen LogP contribution in [0.2, 0.25) is 0 Å². The highest BCUT2D eigenvalue weighted by Gasteiger charge is 2.26. The summed E-state index contributed by atoms with van der Waals surface area (Å²) in [7, 11) is 0. The van der Waals surface area contributed by atoms with Crippen LogP contribution in [0, 0.1) is 0 Å². The molecule has 164 valence electrons. The van der Waals surface area contributed by atoms with Crippen LogP contribution in [-0.4, -0.2) is 55.5 Å². The lowest BCUT2D eigenvalue weighted by atomic mass is 10.0. The molecular formula is C21H30N4O5. The van der Waals surface area contributed by atoms with Crippen LogP contribution >= 0.6 is 0 Å². The Hall–Kier alpha value is -2.78. The number of hydrogen-bond acceptors (Lipinski definition) is 7. The van der Waals surface area contributed by atoms with Crippen molar-refractivity contribution in [3.63, 3.8) is 0 Å². The maximum atomic E-state index is 12.6. The van der Waals surface area contributed by atoms with Crippen molar-refractivity contribution in [3.8, 4) is 0 Å². The molecule has 2 atom stereocenters. The Labute approximate surface area is 176 Å². The molecular weight excluding hydrogens is 388 g/mol. The van der Waals surface area contributed by atoms with E-state index in [0.29, 0.717) is 31.4 Å². The first kappa shape index (κ1) is 23.5. The van der Waals surface area contributed by atoms with Crippen LogP contribution in [-0.2, 0) is 14.3 Å². The zero-order chi connectivity index (χ0) is 21.8. The summed E-state index contributed by atoms with van der Waals surface area (Å²) in [4.78, 5) is 48.6. The van der Waals surface area contributed by atoms with Crippen LogP contribution in [0.1, 0.15) is 48.9 Å². The third-order valence-electron chi connectivity index (χ3n) is 4.86. The Morgan fingerprint density at radius 2 is 1.93 bits per heavy atom. The van der Waals surface area contributed by atoms with Crippen LogP contribution in [0.3, 0.4) is 0 Å². The number of esters is 1. The highest BCUT2D eigenvalue weighted by molar-refractivity contribution is 5.98. The van der Waals surface area contributed by atoms with Gasteiger partial charge in [-0.3, -0.25) is 9.59 Å². The molecule has 9 heteroatoms. The van der Waals surface area contributed by atoms with Crippen LogP contribution in [0.5, 0.6) is 0 Å². The first-order chi connectivity index (χ1) is 14.5. The molecule has 0 saturated carbocycles. The number of benzene rings is 1. The SMILES string of the molecule is NCCCCC(NC(=O)c1ccccc1)C(=O)CCNC(=O)OC(=O)[C@@H]1CCCN1. The molecule has 1 unspecified atom stereocenters. The summed E-state index contributed by atoms with van der Waals surface area (Å²) in [6.45, 7) is 1.23. The van der Waals surface area contributed by atoms with Gasteiger partial charge in [0.25, 0.3) is 5.91 Å². The molecule has 0 bridgehead atoms. The first-order valence-corrected chi connectivity index (χ1v) is 10.3. The molecule has 1 heterocycles.